The molecule has 7 heteroatoms. The van der Waals surface area contributed by atoms with E-state index in [1.165, 1.54) is 5.56 Å². The summed E-state index contributed by atoms with van der Waals surface area (Å²) < 4.78 is 2.24. The Bertz CT molecular complexity index is 1460. The lowest BCUT2D eigenvalue weighted by atomic mass is 9.99. The van der Waals surface area contributed by atoms with E-state index in [2.05, 4.69) is 37.2 Å². The van der Waals surface area contributed by atoms with Crippen LogP contribution in [0.1, 0.15) is 16.8 Å². The average molecular weight is 442 g/mol. The molecule has 0 atom stereocenters. The summed E-state index contributed by atoms with van der Waals surface area (Å²) in [6.45, 7) is 0.860. The molecule has 1 aliphatic heterocycles. The zero-order chi connectivity index (χ0) is 21.7. The molecule has 0 radical (unpaired) electrons. The van der Waals surface area contributed by atoms with Crippen molar-refractivity contribution in [2.75, 3.05) is 5.32 Å². The van der Waals surface area contributed by atoms with E-state index >= 15 is 0 Å². The minimum atomic E-state index is 0.340. The minimum Gasteiger partial charge on any atom is -0.505 e. The Kier molecular flexibility index (Phi) is 4.40. The molecule has 2 aromatic carbocycles. The predicted octanol–water partition coefficient (Wildman–Crippen LogP) is 5.68. The second-order valence-corrected chi connectivity index (χ2v) is 8.43. The topological polar surface area (TPSA) is 78.8 Å². The molecule has 4 heterocycles. The van der Waals surface area contributed by atoms with Crippen LogP contribution in [0.3, 0.4) is 0 Å². The van der Waals surface area contributed by atoms with Crippen LogP contribution in [-0.2, 0) is 19.4 Å². The van der Waals surface area contributed by atoms with Gasteiger partial charge in [0, 0.05) is 35.6 Å². The fraction of sp³-hybridized carbons (Fsp3) is 0.120. The van der Waals surface area contributed by atoms with Crippen LogP contribution in [0.25, 0.3) is 22.0 Å². The van der Waals surface area contributed by atoms with Gasteiger partial charge in [-0.2, -0.15) is 5.10 Å². The Morgan fingerprint density at radius 3 is 2.81 bits per heavy atom. The van der Waals surface area contributed by atoms with Crippen molar-refractivity contribution in [1.29, 1.82) is 0 Å². The second-order valence-electron chi connectivity index (χ2n) is 8.02. The van der Waals surface area contributed by atoms with Crippen molar-refractivity contribution in [1.82, 2.24) is 19.7 Å². The lowest BCUT2D eigenvalue weighted by molar-refractivity contribution is 0.470. The van der Waals surface area contributed by atoms with Gasteiger partial charge in [-0.1, -0.05) is 29.8 Å². The maximum Gasteiger partial charge on any atom is 0.144 e. The van der Waals surface area contributed by atoms with Crippen LogP contribution in [0.2, 0.25) is 5.02 Å². The fourth-order valence-corrected chi connectivity index (χ4v) is 4.79. The molecule has 0 aliphatic carbocycles. The summed E-state index contributed by atoms with van der Waals surface area (Å²) in [6.07, 6.45) is 5.02. The Morgan fingerprint density at radius 2 is 1.97 bits per heavy atom. The van der Waals surface area contributed by atoms with Gasteiger partial charge >= 0.3 is 0 Å². The first-order valence-corrected chi connectivity index (χ1v) is 10.9. The Labute approximate surface area is 189 Å². The number of rotatable bonds is 5. The first-order valence-electron chi connectivity index (χ1n) is 10.5. The van der Waals surface area contributed by atoms with Crippen LogP contribution in [0.15, 0.2) is 67.0 Å². The van der Waals surface area contributed by atoms with Gasteiger partial charge in [0.1, 0.15) is 17.4 Å². The first-order chi connectivity index (χ1) is 15.7. The van der Waals surface area contributed by atoms with Crippen LogP contribution in [0.4, 0.5) is 11.6 Å². The molecule has 3 aromatic heterocycles. The molecule has 5 aromatic rings. The SMILES string of the molecule is Oc1c(Cc2ccccc2Cl)n2c3c(cc(-c4ccnc(Nc5ccn[nH]5)c4)cc13)CC2. The van der Waals surface area contributed by atoms with Gasteiger partial charge < -0.3 is 15.0 Å². The standard InChI is InChI=1S/C25H20ClN5O/c26-20-4-2-1-3-16(20)13-21-25(32)19-12-18(11-17-7-10-31(21)24(17)19)15-5-8-27-23(14-15)29-22-6-9-28-30-22/h1-6,8-9,11-12,14,32H,7,10,13H2,(H2,27,28,29,30). The highest BCUT2D eigenvalue weighted by atomic mass is 35.5. The van der Waals surface area contributed by atoms with Gasteiger partial charge in [-0.25, -0.2) is 4.98 Å². The van der Waals surface area contributed by atoms with E-state index in [-0.39, 0.29) is 0 Å². The predicted molar refractivity (Wildman–Crippen MR) is 127 cm³/mol. The zero-order valence-electron chi connectivity index (χ0n) is 17.1. The molecular formula is C25H20ClN5O. The lowest BCUT2D eigenvalue weighted by Crippen LogP contribution is -2.01. The molecule has 0 amide bonds. The Balaban J connectivity index is 1.42. The number of aromatic hydroxyl groups is 1. The number of hydrogen-bond acceptors (Lipinski definition) is 4. The number of aromatic nitrogens is 4. The maximum atomic E-state index is 11.2. The van der Waals surface area contributed by atoms with Crippen LogP contribution in [0.5, 0.6) is 5.75 Å². The number of pyridine rings is 1. The normalized spacial score (nSPS) is 12.5. The molecule has 0 saturated heterocycles. The maximum absolute atomic E-state index is 11.2. The zero-order valence-corrected chi connectivity index (χ0v) is 17.9. The molecular weight excluding hydrogens is 422 g/mol. The number of hydrogen-bond donors (Lipinski definition) is 3. The average Bonchev–Trinajstić information content (AvgIpc) is 3.53. The third-order valence-corrected chi connectivity index (χ3v) is 6.46. The van der Waals surface area contributed by atoms with E-state index in [0.29, 0.717) is 12.2 Å². The van der Waals surface area contributed by atoms with Crippen LogP contribution < -0.4 is 5.32 Å². The molecule has 0 fully saturated rings. The summed E-state index contributed by atoms with van der Waals surface area (Å²) in [4.78, 5) is 4.41. The highest BCUT2D eigenvalue weighted by Gasteiger charge is 2.25. The van der Waals surface area contributed by atoms with E-state index in [0.717, 1.165) is 62.9 Å². The van der Waals surface area contributed by atoms with Crippen molar-refractivity contribution in [3.05, 3.63) is 88.8 Å². The van der Waals surface area contributed by atoms with Crippen LogP contribution >= 0.6 is 11.6 Å². The van der Waals surface area contributed by atoms with E-state index in [1.807, 2.05) is 42.5 Å². The van der Waals surface area contributed by atoms with E-state index in [1.54, 1.807) is 12.4 Å². The van der Waals surface area contributed by atoms with Crippen molar-refractivity contribution in [3.8, 4) is 16.9 Å². The minimum absolute atomic E-state index is 0.340. The number of H-pyrrole nitrogens is 1. The summed E-state index contributed by atoms with van der Waals surface area (Å²) in [5, 5.41) is 22.8. The quantitative estimate of drug-likeness (QED) is 0.328. The first kappa shape index (κ1) is 19.0. The van der Waals surface area contributed by atoms with E-state index in [4.69, 9.17) is 11.6 Å². The second kappa shape index (κ2) is 7.43. The molecule has 0 saturated carbocycles. The van der Waals surface area contributed by atoms with Crippen molar-refractivity contribution >= 4 is 34.1 Å². The van der Waals surface area contributed by atoms with Gasteiger partial charge in [-0.3, -0.25) is 5.10 Å². The Morgan fingerprint density at radius 1 is 1.06 bits per heavy atom. The number of anilines is 2. The monoisotopic (exact) mass is 441 g/mol. The largest absolute Gasteiger partial charge is 0.505 e. The number of aryl methyl sites for hydroxylation is 2. The van der Waals surface area contributed by atoms with Crippen molar-refractivity contribution < 1.29 is 5.11 Å². The molecule has 3 N–H and O–H groups in total. The molecule has 32 heavy (non-hydrogen) atoms. The van der Waals surface area contributed by atoms with Crippen molar-refractivity contribution in [3.63, 3.8) is 0 Å². The molecule has 6 rings (SSSR count). The highest BCUT2D eigenvalue weighted by molar-refractivity contribution is 6.31. The third kappa shape index (κ3) is 3.11. The highest BCUT2D eigenvalue weighted by Crippen LogP contribution is 2.42. The number of halogens is 1. The lowest BCUT2D eigenvalue weighted by Gasteiger charge is -2.08. The van der Waals surface area contributed by atoms with Gasteiger partial charge in [0.15, 0.2) is 0 Å². The van der Waals surface area contributed by atoms with Gasteiger partial charge in [-0.05, 0) is 59.0 Å². The van der Waals surface area contributed by atoms with E-state index in [9.17, 15) is 5.11 Å². The van der Waals surface area contributed by atoms with E-state index < -0.39 is 0 Å². The van der Waals surface area contributed by atoms with Gasteiger partial charge in [-0.15, -0.1) is 0 Å². The summed E-state index contributed by atoms with van der Waals surface area (Å²) in [5.41, 5.74) is 6.39. The summed E-state index contributed by atoms with van der Waals surface area (Å²) in [7, 11) is 0. The third-order valence-electron chi connectivity index (χ3n) is 6.09. The fourth-order valence-electron chi connectivity index (χ4n) is 4.59. The van der Waals surface area contributed by atoms with Gasteiger partial charge in [0.05, 0.1) is 17.4 Å². The molecule has 0 bridgehead atoms. The number of benzene rings is 2. The van der Waals surface area contributed by atoms with Crippen LogP contribution in [-0.4, -0.2) is 24.9 Å². The summed E-state index contributed by atoms with van der Waals surface area (Å²) >= 11 is 6.40. The molecule has 0 spiro atoms. The van der Waals surface area contributed by atoms with Crippen molar-refractivity contribution in [2.24, 2.45) is 0 Å². The molecule has 158 valence electrons. The van der Waals surface area contributed by atoms with Gasteiger partial charge in [0.2, 0.25) is 0 Å². The number of aromatic amines is 1. The Hall–Kier alpha value is -3.77. The van der Waals surface area contributed by atoms with Crippen LogP contribution in [0, 0.1) is 0 Å². The van der Waals surface area contributed by atoms with Crippen molar-refractivity contribution in [2.45, 2.75) is 19.4 Å². The molecule has 1 aliphatic rings. The van der Waals surface area contributed by atoms with Gasteiger partial charge in [0.25, 0.3) is 0 Å². The summed E-state index contributed by atoms with van der Waals surface area (Å²) in [6, 6.07) is 17.9. The number of nitrogens with zero attached hydrogens (tertiary/aromatic N) is 3. The molecule has 0 unspecified atom stereocenters. The number of nitrogens with one attached hydrogen (secondary N) is 2. The molecule has 6 nitrogen and oxygen atoms in total. The summed E-state index contributed by atoms with van der Waals surface area (Å²) in [5.74, 6) is 1.85. The smallest absolute Gasteiger partial charge is 0.144 e.